The number of morpholine rings is 1. The molecule has 1 aliphatic heterocycles. The fourth-order valence-electron chi connectivity index (χ4n) is 1.70. The van der Waals surface area contributed by atoms with Gasteiger partial charge in [0.2, 0.25) is 10.0 Å². The molecule has 0 N–H and O–H groups in total. The largest absolute Gasteiger partial charge is 0.545 e. The number of carbonyl (C=O) groups is 1. The SMILES string of the molecule is O=C([O-])c1ccc(S(=O)(=O)N2CCOCC2)cc1. The van der Waals surface area contributed by atoms with E-state index < -0.39 is 16.0 Å². The first-order valence-corrected chi connectivity index (χ1v) is 6.85. The Morgan fingerprint density at radius 3 is 2.22 bits per heavy atom. The lowest BCUT2D eigenvalue weighted by atomic mass is 10.2. The van der Waals surface area contributed by atoms with Crippen LogP contribution in [0.3, 0.4) is 0 Å². The highest BCUT2D eigenvalue weighted by atomic mass is 32.2. The van der Waals surface area contributed by atoms with E-state index in [1.807, 2.05) is 0 Å². The van der Waals surface area contributed by atoms with Crippen molar-refractivity contribution in [3.8, 4) is 0 Å². The van der Waals surface area contributed by atoms with Crippen molar-refractivity contribution in [2.75, 3.05) is 26.3 Å². The lowest BCUT2D eigenvalue weighted by Gasteiger charge is -2.26. The number of rotatable bonds is 3. The molecule has 0 spiro atoms. The average molecular weight is 270 g/mol. The van der Waals surface area contributed by atoms with Crippen LogP contribution in [0.2, 0.25) is 0 Å². The van der Waals surface area contributed by atoms with Crippen LogP contribution in [0.25, 0.3) is 0 Å². The van der Waals surface area contributed by atoms with Crippen molar-refractivity contribution in [1.82, 2.24) is 4.31 Å². The predicted octanol–water partition coefficient (Wildman–Crippen LogP) is -0.929. The lowest BCUT2D eigenvalue weighted by Crippen LogP contribution is -2.40. The van der Waals surface area contributed by atoms with Gasteiger partial charge < -0.3 is 14.6 Å². The van der Waals surface area contributed by atoms with Gasteiger partial charge in [-0.25, -0.2) is 8.42 Å². The highest BCUT2D eigenvalue weighted by molar-refractivity contribution is 7.89. The number of sulfonamides is 1. The number of carbonyl (C=O) groups excluding carboxylic acids is 1. The van der Waals surface area contributed by atoms with E-state index in [2.05, 4.69) is 0 Å². The van der Waals surface area contributed by atoms with Gasteiger partial charge in [-0.3, -0.25) is 0 Å². The number of hydrogen-bond donors (Lipinski definition) is 0. The van der Waals surface area contributed by atoms with Crippen LogP contribution in [-0.2, 0) is 14.8 Å². The van der Waals surface area contributed by atoms with Crippen molar-refractivity contribution in [2.45, 2.75) is 4.90 Å². The normalized spacial score (nSPS) is 17.6. The zero-order valence-corrected chi connectivity index (χ0v) is 10.4. The van der Waals surface area contributed by atoms with Crippen LogP contribution in [0.4, 0.5) is 0 Å². The standard InChI is InChI=1S/C11H13NO5S/c13-11(14)9-1-3-10(4-2-9)18(15,16)12-5-7-17-8-6-12/h1-4H,5-8H2,(H,13,14)/p-1. The summed E-state index contributed by atoms with van der Waals surface area (Å²) >= 11 is 0. The lowest BCUT2D eigenvalue weighted by molar-refractivity contribution is -0.255. The molecule has 1 heterocycles. The molecule has 2 rings (SSSR count). The third kappa shape index (κ3) is 2.53. The molecule has 6 nitrogen and oxygen atoms in total. The first kappa shape index (κ1) is 13.0. The van der Waals surface area contributed by atoms with E-state index in [-0.39, 0.29) is 10.5 Å². The fraction of sp³-hybridized carbons (Fsp3) is 0.364. The summed E-state index contributed by atoms with van der Waals surface area (Å²) in [5.41, 5.74) is -0.0454. The fourth-order valence-corrected chi connectivity index (χ4v) is 3.11. The van der Waals surface area contributed by atoms with Crippen LogP contribution in [0.5, 0.6) is 0 Å². The monoisotopic (exact) mass is 270 g/mol. The summed E-state index contributed by atoms with van der Waals surface area (Å²) in [7, 11) is -3.56. The Bertz CT molecular complexity index is 531. The first-order valence-electron chi connectivity index (χ1n) is 5.41. The van der Waals surface area contributed by atoms with E-state index in [0.29, 0.717) is 26.3 Å². The molecule has 7 heteroatoms. The third-order valence-corrected chi connectivity index (χ3v) is 4.61. The van der Waals surface area contributed by atoms with E-state index in [1.165, 1.54) is 28.6 Å². The predicted molar refractivity (Wildman–Crippen MR) is 60.4 cm³/mol. The van der Waals surface area contributed by atoms with Gasteiger partial charge in [0.15, 0.2) is 0 Å². The summed E-state index contributed by atoms with van der Waals surface area (Å²) < 4.78 is 30.8. The van der Waals surface area contributed by atoms with Crippen molar-refractivity contribution in [2.24, 2.45) is 0 Å². The molecule has 1 fully saturated rings. The maximum Gasteiger partial charge on any atom is 0.243 e. The van der Waals surface area contributed by atoms with E-state index in [4.69, 9.17) is 4.74 Å². The summed E-state index contributed by atoms with van der Waals surface area (Å²) in [5, 5.41) is 10.6. The molecule has 1 saturated heterocycles. The molecule has 0 aromatic heterocycles. The highest BCUT2D eigenvalue weighted by Gasteiger charge is 2.25. The smallest absolute Gasteiger partial charge is 0.243 e. The summed E-state index contributed by atoms with van der Waals surface area (Å²) in [6.07, 6.45) is 0. The summed E-state index contributed by atoms with van der Waals surface area (Å²) in [5.74, 6) is -1.33. The Labute approximate surface area is 105 Å². The highest BCUT2D eigenvalue weighted by Crippen LogP contribution is 2.17. The maximum atomic E-state index is 12.2. The number of ether oxygens (including phenoxy) is 1. The quantitative estimate of drug-likeness (QED) is 0.708. The molecule has 0 aliphatic carbocycles. The van der Waals surface area contributed by atoms with Crippen molar-refractivity contribution in [3.05, 3.63) is 29.8 Å². The van der Waals surface area contributed by atoms with Crippen LogP contribution < -0.4 is 5.11 Å². The minimum Gasteiger partial charge on any atom is -0.545 e. The van der Waals surface area contributed by atoms with Gasteiger partial charge in [0.05, 0.1) is 24.1 Å². The van der Waals surface area contributed by atoms with Gasteiger partial charge in [-0.1, -0.05) is 12.1 Å². The molecule has 0 amide bonds. The third-order valence-electron chi connectivity index (χ3n) is 2.70. The number of carboxylic acids is 1. The van der Waals surface area contributed by atoms with Gasteiger partial charge in [0.1, 0.15) is 0 Å². The molecule has 98 valence electrons. The Hall–Kier alpha value is -1.44. The van der Waals surface area contributed by atoms with Gasteiger partial charge in [-0.2, -0.15) is 4.31 Å². The van der Waals surface area contributed by atoms with E-state index in [1.54, 1.807) is 0 Å². The molecule has 0 saturated carbocycles. The molecular weight excluding hydrogens is 258 g/mol. The molecule has 0 unspecified atom stereocenters. The van der Waals surface area contributed by atoms with E-state index in [9.17, 15) is 18.3 Å². The summed E-state index contributed by atoms with van der Waals surface area (Å²) in [6.45, 7) is 1.36. The second kappa shape index (κ2) is 5.05. The van der Waals surface area contributed by atoms with Crippen molar-refractivity contribution in [1.29, 1.82) is 0 Å². The van der Waals surface area contributed by atoms with Gasteiger partial charge >= 0.3 is 0 Å². The molecule has 0 atom stereocenters. The molecule has 0 radical (unpaired) electrons. The van der Waals surface area contributed by atoms with E-state index >= 15 is 0 Å². The molecule has 0 bridgehead atoms. The maximum absolute atomic E-state index is 12.2. The first-order chi connectivity index (χ1) is 8.51. The zero-order chi connectivity index (χ0) is 13.2. The Morgan fingerprint density at radius 1 is 1.17 bits per heavy atom. The van der Waals surface area contributed by atoms with Crippen LogP contribution in [0.1, 0.15) is 10.4 Å². The number of nitrogens with zero attached hydrogens (tertiary/aromatic N) is 1. The van der Waals surface area contributed by atoms with Crippen LogP contribution in [0, 0.1) is 0 Å². The molecule has 18 heavy (non-hydrogen) atoms. The molecule has 1 aromatic rings. The van der Waals surface area contributed by atoms with Gasteiger partial charge in [-0.15, -0.1) is 0 Å². The number of aromatic carboxylic acids is 1. The minimum absolute atomic E-state index is 0.0454. The summed E-state index contributed by atoms with van der Waals surface area (Å²) in [6, 6.07) is 5.00. The average Bonchev–Trinajstić information content (AvgIpc) is 2.40. The Balaban J connectivity index is 2.26. The minimum atomic E-state index is -3.56. The molecular formula is C11H12NO5S-. The molecule has 1 aromatic carbocycles. The van der Waals surface area contributed by atoms with Crippen LogP contribution in [0.15, 0.2) is 29.2 Å². The second-order valence-corrected chi connectivity index (χ2v) is 5.77. The molecule has 1 aliphatic rings. The Morgan fingerprint density at radius 2 is 1.72 bits per heavy atom. The van der Waals surface area contributed by atoms with Crippen molar-refractivity contribution in [3.63, 3.8) is 0 Å². The number of carboxylic acid groups (broad SMARTS) is 1. The number of hydrogen-bond acceptors (Lipinski definition) is 5. The zero-order valence-electron chi connectivity index (χ0n) is 9.53. The second-order valence-electron chi connectivity index (χ2n) is 3.83. The summed E-state index contributed by atoms with van der Waals surface area (Å²) in [4.78, 5) is 10.7. The van der Waals surface area contributed by atoms with E-state index in [0.717, 1.165) is 0 Å². The number of benzene rings is 1. The Kier molecular flexibility index (Phi) is 3.65. The van der Waals surface area contributed by atoms with Gasteiger partial charge in [-0.05, 0) is 17.7 Å². The van der Waals surface area contributed by atoms with Gasteiger partial charge in [0, 0.05) is 13.1 Å². The van der Waals surface area contributed by atoms with Crippen molar-refractivity contribution >= 4 is 16.0 Å². The van der Waals surface area contributed by atoms with Crippen molar-refractivity contribution < 1.29 is 23.1 Å². The topological polar surface area (TPSA) is 86.7 Å². The van der Waals surface area contributed by atoms with Gasteiger partial charge in [0.25, 0.3) is 0 Å². The van der Waals surface area contributed by atoms with Crippen LogP contribution in [-0.4, -0.2) is 45.0 Å². The van der Waals surface area contributed by atoms with Crippen LogP contribution >= 0.6 is 0 Å².